The molecule has 1 aliphatic rings. The molecule has 0 aromatic rings. The molecule has 12 atom stereocenters. The minimum absolute atomic E-state index is 0.113. The number of aliphatic hydroxyl groups is 4. The Balaban J connectivity index is 3.75. The van der Waals surface area contributed by atoms with E-state index in [2.05, 4.69) is 5.16 Å². The maximum atomic E-state index is 13.7. The Labute approximate surface area is 316 Å². The first kappa shape index (κ1) is 47.5. The number of nitrogens with zero attached hydrogens (tertiary/aromatic N) is 1. The third kappa shape index (κ3) is 15.4. The molecular weight excluding hydrogens is 682 g/mol. The lowest BCUT2D eigenvalue weighted by molar-refractivity contribution is -0.161. The number of oxime groups is 1. The summed E-state index contributed by atoms with van der Waals surface area (Å²) in [6.45, 7) is 15.7. The van der Waals surface area contributed by atoms with Gasteiger partial charge in [-0.2, -0.15) is 0 Å². The van der Waals surface area contributed by atoms with E-state index < -0.39 is 67.0 Å². The van der Waals surface area contributed by atoms with Crippen LogP contribution in [0.3, 0.4) is 0 Å². The maximum Gasteiger partial charge on any atom is 0.373 e. The van der Waals surface area contributed by atoms with Gasteiger partial charge in [-0.05, 0) is 51.7 Å². The number of esters is 1. The summed E-state index contributed by atoms with van der Waals surface area (Å²) in [6.07, 6.45) is 11.0. The molecular formula is C41H65NO11. The molecule has 300 valence electrons. The molecule has 0 saturated carbocycles. The van der Waals surface area contributed by atoms with Gasteiger partial charge in [0.2, 0.25) is 12.4 Å². The summed E-state index contributed by atoms with van der Waals surface area (Å²) >= 11 is 0. The molecule has 12 nitrogen and oxygen atoms in total. The molecule has 0 radical (unpaired) electrons. The van der Waals surface area contributed by atoms with Crippen LogP contribution in [0.1, 0.15) is 75.2 Å². The van der Waals surface area contributed by atoms with Crippen LogP contribution in [0.5, 0.6) is 0 Å². The fourth-order valence-electron chi connectivity index (χ4n) is 6.46. The van der Waals surface area contributed by atoms with Gasteiger partial charge >= 0.3 is 11.9 Å². The molecule has 12 heteroatoms. The second-order valence-corrected chi connectivity index (χ2v) is 14.2. The minimum atomic E-state index is -1.23. The molecule has 0 bridgehead atoms. The summed E-state index contributed by atoms with van der Waals surface area (Å²) in [5.41, 5.74) is 1.81. The van der Waals surface area contributed by atoms with Gasteiger partial charge in [0.05, 0.1) is 37.2 Å². The number of cyclic esters (lactones) is 1. The Morgan fingerprint density at radius 2 is 1.75 bits per heavy atom. The van der Waals surface area contributed by atoms with Crippen molar-refractivity contribution in [3.63, 3.8) is 0 Å². The monoisotopic (exact) mass is 747 g/mol. The van der Waals surface area contributed by atoms with Gasteiger partial charge in [-0.3, -0.25) is 0 Å². The first-order valence-electron chi connectivity index (χ1n) is 18.4. The summed E-state index contributed by atoms with van der Waals surface area (Å²) in [7, 11) is 2.80. The number of aliphatic hydroxyl groups excluding tert-OH is 4. The molecule has 0 aliphatic carbocycles. The van der Waals surface area contributed by atoms with Crippen LogP contribution in [-0.4, -0.2) is 101 Å². The van der Waals surface area contributed by atoms with E-state index in [0.717, 1.165) is 5.57 Å². The lowest BCUT2D eigenvalue weighted by Crippen LogP contribution is -2.45. The van der Waals surface area contributed by atoms with E-state index in [1.54, 1.807) is 71.1 Å². The highest BCUT2D eigenvalue weighted by molar-refractivity contribution is 5.96. The number of carboxylic acid groups (broad SMARTS) is 1. The van der Waals surface area contributed by atoms with E-state index in [9.17, 15) is 30.0 Å². The molecule has 0 spiro atoms. The SMILES string of the molecule is C/C=C/C(O)C(C)/C=C/C(=N/OCC(=O)O)C(C)C(O)C(C)C1OC(=O)/C(OC)=C/C(C)=C/C(C)C(O)C(CC)C(O)C(C)C/C(C)=C/C=C/C1OC. The Bertz CT molecular complexity index is 1360. The minimum Gasteiger partial charge on any atom is -0.490 e. The number of aliphatic carboxylic acids is 1. The average molecular weight is 748 g/mol. The normalized spacial score (nSPS) is 32.4. The number of methoxy groups -OCH3 is 2. The number of allylic oxidation sites excluding steroid dienone is 7. The second kappa shape index (κ2) is 24.0. The van der Waals surface area contributed by atoms with Crippen molar-refractivity contribution in [2.75, 3.05) is 20.8 Å². The molecule has 0 aromatic carbocycles. The van der Waals surface area contributed by atoms with E-state index >= 15 is 0 Å². The van der Waals surface area contributed by atoms with Crippen molar-refractivity contribution in [2.45, 2.75) is 112 Å². The average Bonchev–Trinajstić information content (AvgIpc) is 3.11. The van der Waals surface area contributed by atoms with Crippen molar-refractivity contribution in [1.82, 2.24) is 0 Å². The van der Waals surface area contributed by atoms with Crippen LogP contribution in [0.15, 0.2) is 76.7 Å². The predicted octanol–water partition coefficient (Wildman–Crippen LogP) is 5.54. The first-order chi connectivity index (χ1) is 24.9. The lowest BCUT2D eigenvalue weighted by atomic mass is 9.79. The van der Waals surface area contributed by atoms with Crippen molar-refractivity contribution in [3.8, 4) is 0 Å². The van der Waals surface area contributed by atoms with Gasteiger partial charge in [0.1, 0.15) is 12.2 Å². The van der Waals surface area contributed by atoms with Gasteiger partial charge in [0.25, 0.3) is 0 Å². The summed E-state index contributed by atoms with van der Waals surface area (Å²) in [5.74, 6) is -4.93. The van der Waals surface area contributed by atoms with Crippen LogP contribution in [0, 0.1) is 35.5 Å². The number of rotatable bonds is 14. The van der Waals surface area contributed by atoms with Gasteiger partial charge in [-0.25, -0.2) is 9.59 Å². The van der Waals surface area contributed by atoms with Crippen molar-refractivity contribution in [3.05, 3.63) is 71.6 Å². The standard InChI is InChI=1S/C41H65NO11/c1-12-15-33(43)26(5)18-19-32(42-52-23-36(44)45)29(8)39(48)30(9)40-34(50-10)17-14-16-24(3)20-27(6)37(46)31(13-2)38(47)28(7)21-25(4)22-35(51-11)41(49)53-40/h12,14-19,21-22,26-31,33-34,37-40,43,46-48H,13,20,23H2,1-11H3,(H,44,45)/b15-12+,17-14+,19-18+,24-16+,25-21+,35-22-,42-32-. The fourth-order valence-corrected chi connectivity index (χ4v) is 6.46. The number of carboxylic acids is 1. The van der Waals surface area contributed by atoms with Crippen molar-refractivity contribution in [2.24, 2.45) is 40.7 Å². The highest BCUT2D eigenvalue weighted by Gasteiger charge is 2.38. The van der Waals surface area contributed by atoms with Crippen molar-refractivity contribution >= 4 is 17.7 Å². The van der Waals surface area contributed by atoms with Crippen LogP contribution in [-0.2, 0) is 28.6 Å². The molecule has 1 heterocycles. The van der Waals surface area contributed by atoms with E-state index in [-0.39, 0.29) is 35.1 Å². The molecule has 53 heavy (non-hydrogen) atoms. The van der Waals surface area contributed by atoms with Crippen LogP contribution >= 0.6 is 0 Å². The third-order valence-electron chi connectivity index (χ3n) is 9.83. The molecule has 0 amide bonds. The largest absolute Gasteiger partial charge is 0.490 e. The van der Waals surface area contributed by atoms with Crippen LogP contribution in [0.2, 0.25) is 0 Å². The van der Waals surface area contributed by atoms with E-state index in [0.29, 0.717) is 18.4 Å². The summed E-state index contributed by atoms with van der Waals surface area (Å²) < 4.78 is 17.4. The zero-order chi connectivity index (χ0) is 40.4. The topological polar surface area (TPSA) is 185 Å². The number of ether oxygens (including phenoxy) is 3. The fraction of sp³-hybridized carbons (Fsp3) is 0.634. The van der Waals surface area contributed by atoms with Gasteiger partial charge in [0.15, 0.2) is 0 Å². The highest BCUT2D eigenvalue weighted by atomic mass is 16.6. The zero-order valence-corrected chi connectivity index (χ0v) is 33.4. The second-order valence-electron chi connectivity index (χ2n) is 14.2. The Kier molecular flexibility index (Phi) is 21.5. The van der Waals surface area contributed by atoms with Gasteiger partial charge < -0.3 is 44.6 Å². The molecule has 0 aromatic heterocycles. The lowest BCUT2D eigenvalue weighted by Gasteiger charge is -2.34. The molecule has 1 rings (SSSR count). The Morgan fingerprint density at radius 1 is 1.09 bits per heavy atom. The van der Waals surface area contributed by atoms with Gasteiger partial charge in [-0.1, -0.05) is 100 Å². The smallest absolute Gasteiger partial charge is 0.373 e. The zero-order valence-electron chi connectivity index (χ0n) is 33.4. The molecule has 1 aliphatic heterocycles. The Morgan fingerprint density at radius 3 is 2.32 bits per heavy atom. The van der Waals surface area contributed by atoms with Gasteiger partial charge in [0, 0.05) is 36.7 Å². The summed E-state index contributed by atoms with van der Waals surface area (Å²) in [6, 6.07) is 0. The van der Waals surface area contributed by atoms with Crippen LogP contribution in [0.25, 0.3) is 0 Å². The number of hydrogen-bond donors (Lipinski definition) is 5. The van der Waals surface area contributed by atoms with E-state index in [1.165, 1.54) is 20.3 Å². The molecule has 0 saturated heterocycles. The third-order valence-corrected chi connectivity index (χ3v) is 9.83. The van der Waals surface area contributed by atoms with Crippen molar-refractivity contribution < 1.29 is 54.2 Å². The summed E-state index contributed by atoms with van der Waals surface area (Å²) in [4.78, 5) is 29.9. The van der Waals surface area contributed by atoms with Crippen LogP contribution < -0.4 is 0 Å². The quantitative estimate of drug-likeness (QED) is 0.0651. The van der Waals surface area contributed by atoms with E-state index in [4.69, 9.17) is 24.2 Å². The van der Waals surface area contributed by atoms with E-state index in [1.807, 2.05) is 39.8 Å². The Hall–Kier alpha value is -3.55. The van der Waals surface area contributed by atoms with Crippen LogP contribution in [0.4, 0.5) is 0 Å². The molecule has 12 unspecified atom stereocenters. The van der Waals surface area contributed by atoms with Crippen molar-refractivity contribution in [1.29, 1.82) is 0 Å². The van der Waals surface area contributed by atoms with Gasteiger partial charge in [-0.15, -0.1) is 0 Å². The highest BCUT2D eigenvalue weighted by Crippen LogP contribution is 2.30. The predicted molar refractivity (Wildman–Crippen MR) is 206 cm³/mol. The summed E-state index contributed by atoms with van der Waals surface area (Å²) in [5, 5.41) is 57.9. The number of hydrogen-bond acceptors (Lipinski definition) is 11. The number of carbonyl (C=O) groups is 2. The maximum absolute atomic E-state index is 13.7. The molecule has 5 N–H and O–H groups in total. The first-order valence-corrected chi connectivity index (χ1v) is 18.4. The number of carbonyl (C=O) groups excluding carboxylic acids is 1. The molecule has 0 fully saturated rings.